The van der Waals surface area contributed by atoms with Crippen LogP contribution in [0.5, 0.6) is 0 Å². The maximum absolute atomic E-state index is 11.5. The second-order valence-electron chi connectivity index (χ2n) is 3.36. The number of rotatable bonds is 5. The molecule has 1 N–H and O–H groups in total. The van der Waals surface area contributed by atoms with Gasteiger partial charge < -0.3 is 9.84 Å². The van der Waals surface area contributed by atoms with Crippen LogP contribution in [-0.2, 0) is 14.3 Å². The first-order chi connectivity index (χ1) is 7.65. The predicted octanol–water partition coefficient (Wildman–Crippen LogP) is 1.24. The zero-order valence-corrected chi connectivity index (χ0v) is 9.05. The van der Waals surface area contributed by atoms with Crippen molar-refractivity contribution in [2.24, 2.45) is 0 Å². The highest BCUT2D eigenvalue weighted by Gasteiger charge is 2.17. The molecule has 0 aliphatic carbocycles. The van der Waals surface area contributed by atoms with Crippen LogP contribution in [0.1, 0.15) is 24.5 Å². The Bertz CT molecular complexity index is 359. The molecule has 0 unspecified atom stereocenters. The highest BCUT2D eigenvalue weighted by atomic mass is 16.5. The molecule has 16 heavy (non-hydrogen) atoms. The SMILES string of the molecule is COC(=O)CCC(=O)[C@@H](O)c1ccccc1. The molecule has 0 heterocycles. The van der Waals surface area contributed by atoms with E-state index in [2.05, 4.69) is 4.74 Å². The fraction of sp³-hybridized carbons (Fsp3) is 0.333. The number of methoxy groups -OCH3 is 1. The highest BCUT2D eigenvalue weighted by Crippen LogP contribution is 2.15. The number of esters is 1. The summed E-state index contributed by atoms with van der Waals surface area (Å²) in [7, 11) is 1.26. The average Bonchev–Trinajstić information content (AvgIpc) is 2.35. The second kappa shape index (κ2) is 6.02. The molecule has 0 aliphatic heterocycles. The van der Waals surface area contributed by atoms with Gasteiger partial charge in [0.25, 0.3) is 0 Å². The average molecular weight is 222 g/mol. The Kier molecular flexibility index (Phi) is 4.66. The second-order valence-corrected chi connectivity index (χ2v) is 3.36. The molecule has 0 spiro atoms. The molecule has 0 radical (unpaired) electrons. The van der Waals surface area contributed by atoms with Gasteiger partial charge in [-0.05, 0) is 5.56 Å². The first-order valence-electron chi connectivity index (χ1n) is 4.97. The minimum atomic E-state index is -1.16. The van der Waals surface area contributed by atoms with Gasteiger partial charge in [-0.2, -0.15) is 0 Å². The molecule has 1 rings (SSSR count). The molecule has 0 aromatic heterocycles. The predicted molar refractivity (Wildman–Crippen MR) is 57.7 cm³/mol. The maximum Gasteiger partial charge on any atom is 0.305 e. The van der Waals surface area contributed by atoms with Gasteiger partial charge in [0.1, 0.15) is 6.10 Å². The van der Waals surface area contributed by atoms with E-state index >= 15 is 0 Å². The summed E-state index contributed by atoms with van der Waals surface area (Å²) in [6, 6.07) is 8.62. The third kappa shape index (κ3) is 3.47. The molecular formula is C12H14O4. The Hall–Kier alpha value is -1.68. The van der Waals surface area contributed by atoms with Crippen LogP contribution >= 0.6 is 0 Å². The van der Waals surface area contributed by atoms with Crippen LogP contribution in [-0.4, -0.2) is 24.0 Å². The first-order valence-corrected chi connectivity index (χ1v) is 4.97. The molecule has 0 saturated carbocycles. The normalized spacial score (nSPS) is 11.9. The van der Waals surface area contributed by atoms with Crippen molar-refractivity contribution in [3.05, 3.63) is 35.9 Å². The van der Waals surface area contributed by atoms with Crippen molar-refractivity contribution in [1.29, 1.82) is 0 Å². The van der Waals surface area contributed by atoms with E-state index in [0.717, 1.165) is 0 Å². The number of ether oxygens (including phenoxy) is 1. The lowest BCUT2D eigenvalue weighted by Gasteiger charge is -2.08. The maximum atomic E-state index is 11.5. The topological polar surface area (TPSA) is 63.6 Å². The third-order valence-corrected chi connectivity index (χ3v) is 2.22. The third-order valence-electron chi connectivity index (χ3n) is 2.22. The summed E-state index contributed by atoms with van der Waals surface area (Å²) in [5.41, 5.74) is 0.539. The van der Waals surface area contributed by atoms with Crippen LogP contribution < -0.4 is 0 Å². The van der Waals surface area contributed by atoms with Crippen molar-refractivity contribution in [1.82, 2.24) is 0 Å². The number of hydrogen-bond acceptors (Lipinski definition) is 4. The highest BCUT2D eigenvalue weighted by molar-refractivity contribution is 5.87. The van der Waals surface area contributed by atoms with Gasteiger partial charge in [0.15, 0.2) is 5.78 Å². The lowest BCUT2D eigenvalue weighted by molar-refractivity contribution is -0.142. The fourth-order valence-electron chi connectivity index (χ4n) is 1.29. The number of carbonyl (C=O) groups excluding carboxylic acids is 2. The molecule has 0 saturated heterocycles. The smallest absolute Gasteiger partial charge is 0.305 e. The van der Waals surface area contributed by atoms with Gasteiger partial charge >= 0.3 is 5.97 Å². The number of hydrogen-bond donors (Lipinski definition) is 1. The number of Topliss-reactive ketones (excluding diaryl/α,β-unsaturated/α-hetero) is 1. The van der Waals surface area contributed by atoms with Gasteiger partial charge in [-0.15, -0.1) is 0 Å². The van der Waals surface area contributed by atoms with Gasteiger partial charge in [-0.25, -0.2) is 0 Å². The van der Waals surface area contributed by atoms with E-state index in [1.165, 1.54) is 7.11 Å². The summed E-state index contributed by atoms with van der Waals surface area (Å²) in [5.74, 6) is -0.829. The summed E-state index contributed by atoms with van der Waals surface area (Å²) in [6.07, 6.45) is -1.17. The van der Waals surface area contributed by atoms with Crippen LogP contribution in [0.3, 0.4) is 0 Å². The molecule has 1 aromatic rings. The van der Waals surface area contributed by atoms with Crippen LogP contribution in [0.15, 0.2) is 30.3 Å². The summed E-state index contributed by atoms with van der Waals surface area (Å²) in [5, 5.41) is 9.67. The zero-order valence-electron chi connectivity index (χ0n) is 9.05. The van der Waals surface area contributed by atoms with E-state index in [9.17, 15) is 14.7 Å². The molecule has 0 amide bonds. The van der Waals surface area contributed by atoms with Gasteiger partial charge in [-0.1, -0.05) is 30.3 Å². The van der Waals surface area contributed by atoms with E-state index in [0.29, 0.717) is 5.56 Å². The Balaban J connectivity index is 2.52. The van der Waals surface area contributed by atoms with Gasteiger partial charge in [-0.3, -0.25) is 9.59 Å². The van der Waals surface area contributed by atoms with Crippen molar-refractivity contribution >= 4 is 11.8 Å². The monoisotopic (exact) mass is 222 g/mol. The Morgan fingerprint density at radius 1 is 1.25 bits per heavy atom. The van der Waals surface area contributed by atoms with Crippen molar-refractivity contribution < 1.29 is 19.4 Å². The van der Waals surface area contributed by atoms with Gasteiger partial charge in [0.2, 0.25) is 0 Å². The minimum absolute atomic E-state index is 0.000767. The van der Waals surface area contributed by atoms with Crippen molar-refractivity contribution in [2.75, 3.05) is 7.11 Å². The first kappa shape index (κ1) is 12.4. The van der Waals surface area contributed by atoms with Crippen LogP contribution in [0.4, 0.5) is 0 Å². The zero-order chi connectivity index (χ0) is 12.0. The number of carbonyl (C=O) groups is 2. The number of benzene rings is 1. The lowest BCUT2D eigenvalue weighted by atomic mass is 10.0. The van der Waals surface area contributed by atoms with Gasteiger partial charge in [0, 0.05) is 6.42 Å². The summed E-state index contributed by atoms with van der Waals surface area (Å²) in [6.45, 7) is 0. The summed E-state index contributed by atoms with van der Waals surface area (Å²) in [4.78, 5) is 22.3. The van der Waals surface area contributed by atoms with Crippen LogP contribution in [0, 0.1) is 0 Å². The lowest BCUT2D eigenvalue weighted by Crippen LogP contribution is -2.14. The van der Waals surface area contributed by atoms with E-state index in [1.807, 2.05) is 0 Å². The van der Waals surface area contributed by atoms with Crippen molar-refractivity contribution in [2.45, 2.75) is 18.9 Å². The Labute approximate surface area is 93.9 Å². The molecule has 0 bridgehead atoms. The Morgan fingerprint density at radius 2 is 1.88 bits per heavy atom. The molecule has 0 aliphatic rings. The molecule has 4 nitrogen and oxygen atoms in total. The minimum Gasteiger partial charge on any atom is -0.469 e. The fourth-order valence-corrected chi connectivity index (χ4v) is 1.29. The summed E-state index contributed by atoms with van der Waals surface area (Å²) < 4.78 is 4.41. The van der Waals surface area contributed by atoms with E-state index in [-0.39, 0.29) is 18.6 Å². The quantitative estimate of drug-likeness (QED) is 0.761. The van der Waals surface area contributed by atoms with E-state index in [1.54, 1.807) is 30.3 Å². The molecular weight excluding hydrogens is 208 g/mol. The molecule has 1 aromatic carbocycles. The number of aliphatic hydroxyl groups is 1. The molecule has 86 valence electrons. The van der Waals surface area contributed by atoms with Crippen LogP contribution in [0.2, 0.25) is 0 Å². The van der Waals surface area contributed by atoms with Gasteiger partial charge in [0.05, 0.1) is 13.5 Å². The molecule has 0 fully saturated rings. The van der Waals surface area contributed by atoms with E-state index < -0.39 is 12.1 Å². The van der Waals surface area contributed by atoms with Crippen molar-refractivity contribution in [3.8, 4) is 0 Å². The van der Waals surface area contributed by atoms with Crippen LogP contribution in [0.25, 0.3) is 0 Å². The number of ketones is 1. The molecule has 1 atom stereocenters. The number of aliphatic hydroxyl groups excluding tert-OH is 1. The molecule has 4 heteroatoms. The largest absolute Gasteiger partial charge is 0.469 e. The standard InChI is InChI=1S/C12H14O4/c1-16-11(14)8-7-10(13)12(15)9-5-3-2-4-6-9/h2-6,12,15H,7-8H2,1H3/t12-/m0/s1. The Morgan fingerprint density at radius 3 is 2.44 bits per heavy atom. The van der Waals surface area contributed by atoms with E-state index in [4.69, 9.17) is 0 Å². The summed E-state index contributed by atoms with van der Waals surface area (Å²) >= 11 is 0. The van der Waals surface area contributed by atoms with Crippen molar-refractivity contribution in [3.63, 3.8) is 0 Å².